The van der Waals surface area contributed by atoms with Gasteiger partial charge in [-0.1, -0.05) is 6.08 Å². The number of rotatable bonds is 4. The Kier molecular flexibility index (Phi) is 2.90. The fourth-order valence-corrected chi connectivity index (χ4v) is 1.77. The molecule has 3 N–H and O–H groups in total. The molecule has 0 spiro atoms. The van der Waals surface area contributed by atoms with Gasteiger partial charge in [-0.2, -0.15) is 12.7 Å². The molecule has 1 aliphatic carbocycles. The normalized spacial score (nSPS) is 30.0. The molecule has 7 heteroatoms. The van der Waals surface area contributed by atoms with Crippen LogP contribution < -0.4 is 10.5 Å². The average Bonchev–Trinajstić information content (AvgIpc) is 2.78. The van der Waals surface area contributed by atoms with Crippen molar-refractivity contribution >= 4 is 16.1 Å². The van der Waals surface area contributed by atoms with E-state index in [0.717, 1.165) is 4.31 Å². The molecule has 0 radical (unpaired) electrons. The van der Waals surface area contributed by atoms with Crippen LogP contribution in [0.1, 0.15) is 6.42 Å². The Morgan fingerprint density at radius 2 is 2.20 bits per heavy atom. The Morgan fingerprint density at radius 3 is 2.53 bits per heavy atom. The van der Waals surface area contributed by atoms with Gasteiger partial charge in [0.15, 0.2) is 0 Å². The number of hydrogen-bond donors (Lipinski definition) is 2. The van der Waals surface area contributed by atoms with Gasteiger partial charge < -0.3 is 5.73 Å². The summed E-state index contributed by atoms with van der Waals surface area (Å²) in [5, 5.41) is 0. The smallest absolute Gasteiger partial charge is 0.303 e. The van der Waals surface area contributed by atoms with Gasteiger partial charge in [-0.15, -0.1) is 6.58 Å². The van der Waals surface area contributed by atoms with Gasteiger partial charge in [-0.05, 0) is 6.42 Å². The zero-order valence-corrected chi connectivity index (χ0v) is 9.54. The number of amides is 1. The van der Waals surface area contributed by atoms with Crippen LogP contribution in [-0.4, -0.2) is 38.3 Å². The minimum absolute atomic E-state index is 0.144. The van der Waals surface area contributed by atoms with E-state index in [4.69, 9.17) is 5.73 Å². The van der Waals surface area contributed by atoms with E-state index in [1.807, 2.05) is 4.72 Å². The Balaban J connectivity index is 2.70. The highest BCUT2D eigenvalue weighted by molar-refractivity contribution is 7.87. The van der Waals surface area contributed by atoms with Gasteiger partial charge in [-0.25, -0.2) is 4.72 Å². The summed E-state index contributed by atoms with van der Waals surface area (Å²) in [6.07, 6.45) is 1.99. The number of hydrogen-bond acceptors (Lipinski definition) is 4. The molecule has 15 heavy (non-hydrogen) atoms. The van der Waals surface area contributed by atoms with E-state index < -0.39 is 21.7 Å². The third-order valence-electron chi connectivity index (χ3n) is 2.47. The third kappa shape index (κ3) is 2.19. The van der Waals surface area contributed by atoms with Crippen LogP contribution >= 0.6 is 0 Å². The van der Waals surface area contributed by atoms with Crippen LogP contribution in [0.15, 0.2) is 12.7 Å². The number of nitrogens with one attached hydrogen (secondary N) is 1. The van der Waals surface area contributed by atoms with Crippen LogP contribution in [0, 0.1) is 5.92 Å². The summed E-state index contributed by atoms with van der Waals surface area (Å²) in [4.78, 5) is 11.5. The van der Waals surface area contributed by atoms with E-state index >= 15 is 0 Å². The second-order valence-electron chi connectivity index (χ2n) is 3.81. The van der Waals surface area contributed by atoms with Gasteiger partial charge in [0.1, 0.15) is 5.54 Å². The van der Waals surface area contributed by atoms with Crippen LogP contribution in [0.25, 0.3) is 0 Å². The van der Waals surface area contributed by atoms with E-state index in [-0.39, 0.29) is 5.92 Å². The highest BCUT2D eigenvalue weighted by Gasteiger charge is 2.56. The highest BCUT2D eigenvalue weighted by Crippen LogP contribution is 2.41. The monoisotopic (exact) mass is 233 g/mol. The van der Waals surface area contributed by atoms with E-state index in [1.54, 1.807) is 6.08 Å². The van der Waals surface area contributed by atoms with Crippen LogP contribution in [0.5, 0.6) is 0 Å². The SMILES string of the molecule is C=CC1CC1(N)C(=O)NS(=O)(=O)N(C)C. The second kappa shape index (κ2) is 3.58. The summed E-state index contributed by atoms with van der Waals surface area (Å²) < 4.78 is 25.5. The van der Waals surface area contributed by atoms with Crippen molar-refractivity contribution in [1.82, 2.24) is 9.03 Å². The topological polar surface area (TPSA) is 92.5 Å². The molecule has 1 rings (SSSR count). The van der Waals surface area contributed by atoms with Gasteiger partial charge in [0.05, 0.1) is 0 Å². The highest BCUT2D eigenvalue weighted by atomic mass is 32.2. The van der Waals surface area contributed by atoms with Crippen molar-refractivity contribution in [2.45, 2.75) is 12.0 Å². The third-order valence-corrected chi connectivity index (χ3v) is 3.87. The number of carbonyl (C=O) groups is 1. The molecule has 86 valence electrons. The van der Waals surface area contributed by atoms with Gasteiger partial charge in [0, 0.05) is 20.0 Å². The molecule has 2 unspecified atom stereocenters. The van der Waals surface area contributed by atoms with E-state index in [9.17, 15) is 13.2 Å². The minimum Gasteiger partial charge on any atom is -0.317 e. The zero-order chi connectivity index (χ0) is 11.9. The van der Waals surface area contributed by atoms with Crippen molar-refractivity contribution in [1.29, 1.82) is 0 Å². The van der Waals surface area contributed by atoms with Crippen molar-refractivity contribution < 1.29 is 13.2 Å². The van der Waals surface area contributed by atoms with Crippen molar-refractivity contribution in [2.24, 2.45) is 11.7 Å². The summed E-state index contributed by atoms with van der Waals surface area (Å²) in [5.41, 5.74) is 4.58. The van der Waals surface area contributed by atoms with Gasteiger partial charge in [0.2, 0.25) is 0 Å². The van der Waals surface area contributed by atoms with Crippen molar-refractivity contribution in [3.63, 3.8) is 0 Å². The molecular weight excluding hydrogens is 218 g/mol. The summed E-state index contributed by atoms with van der Waals surface area (Å²) in [6.45, 7) is 3.51. The fourth-order valence-electron chi connectivity index (χ4n) is 1.16. The molecule has 6 nitrogen and oxygen atoms in total. The lowest BCUT2D eigenvalue weighted by atomic mass is 10.2. The predicted molar refractivity (Wildman–Crippen MR) is 56.0 cm³/mol. The van der Waals surface area contributed by atoms with Gasteiger partial charge in [-0.3, -0.25) is 4.79 Å². The number of nitrogens with zero attached hydrogens (tertiary/aromatic N) is 1. The summed E-state index contributed by atoms with van der Waals surface area (Å²) >= 11 is 0. The molecule has 0 aliphatic heterocycles. The Labute approximate surface area is 89.3 Å². The van der Waals surface area contributed by atoms with E-state index in [1.165, 1.54) is 14.1 Å². The minimum atomic E-state index is -3.75. The van der Waals surface area contributed by atoms with Gasteiger partial charge >= 0.3 is 10.2 Å². The van der Waals surface area contributed by atoms with E-state index in [0.29, 0.717) is 6.42 Å². The molecule has 0 aromatic rings. The molecule has 1 saturated carbocycles. The maximum atomic E-state index is 11.5. The molecule has 1 fully saturated rings. The van der Waals surface area contributed by atoms with E-state index in [2.05, 4.69) is 6.58 Å². The van der Waals surface area contributed by atoms with Crippen molar-refractivity contribution in [3.05, 3.63) is 12.7 Å². The van der Waals surface area contributed by atoms with Crippen LogP contribution in [0.4, 0.5) is 0 Å². The Hall–Kier alpha value is -0.920. The molecule has 0 bridgehead atoms. The number of nitrogens with two attached hydrogens (primary N) is 1. The lowest BCUT2D eigenvalue weighted by Crippen LogP contribution is -2.49. The Morgan fingerprint density at radius 1 is 1.67 bits per heavy atom. The predicted octanol–water partition coefficient (Wildman–Crippen LogP) is -1.19. The molecule has 0 saturated heterocycles. The first-order valence-corrected chi connectivity index (χ1v) is 5.84. The molecule has 0 heterocycles. The second-order valence-corrected chi connectivity index (χ2v) is 5.69. The summed E-state index contributed by atoms with van der Waals surface area (Å²) in [7, 11) is -1.09. The maximum absolute atomic E-state index is 11.5. The maximum Gasteiger partial charge on any atom is 0.303 e. The molecule has 0 aromatic heterocycles. The first-order chi connectivity index (χ1) is 6.74. The summed E-state index contributed by atoms with van der Waals surface area (Å²) in [6, 6.07) is 0. The lowest BCUT2D eigenvalue weighted by molar-refractivity contribution is -0.121. The molecule has 1 aliphatic rings. The molecule has 0 aromatic carbocycles. The van der Waals surface area contributed by atoms with Crippen LogP contribution in [-0.2, 0) is 15.0 Å². The molecular formula is C8H15N3O3S. The van der Waals surface area contributed by atoms with Crippen molar-refractivity contribution in [2.75, 3.05) is 14.1 Å². The standard InChI is InChI=1S/C8H15N3O3S/c1-4-6-5-8(6,9)7(12)10-15(13,14)11(2)3/h4,6H,1,5,9H2,2-3H3,(H,10,12). The quantitative estimate of drug-likeness (QED) is 0.597. The van der Waals surface area contributed by atoms with Crippen LogP contribution in [0.3, 0.4) is 0 Å². The largest absolute Gasteiger partial charge is 0.317 e. The average molecular weight is 233 g/mol. The lowest BCUT2D eigenvalue weighted by Gasteiger charge is -2.15. The number of carbonyl (C=O) groups excluding carboxylic acids is 1. The van der Waals surface area contributed by atoms with Gasteiger partial charge in [0.25, 0.3) is 5.91 Å². The van der Waals surface area contributed by atoms with Crippen LogP contribution in [0.2, 0.25) is 0 Å². The molecule has 2 atom stereocenters. The van der Waals surface area contributed by atoms with Crippen molar-refractivity contribution in [3.8, 4) is 0 Å². The first-order valence-electron chi connectivity index (χ1n) is 4.40. The fraction of sp³-hybridized carbons (Fsp3) is 0.625. The zero-order valence-electron chi connectivity index (χ0n) is 8.73. The first kappa shape index (κ1) is 12.2. The summed E-state index contributed by atoms with van der Waals surface area (Å²) in [5.74, 6) is -0.823. The molecule has 1 amide bonds. The Bertz CT molecular complexity index is 390.